The minimum absolute atomic E-state index is 1.06. The Kier molecular flexibility index (Phi) is 8.83. The Balaban J connectivity index is 1.96. The van der Waals surface area contributed by atoms with Gasteiger partial charge in [-0.15, -0.1) is 0 Å². The van der Waals surface area contributed by atoms with E-state index in [0.717, 1.165) is 11.8 Å². The minimum Gasteiger partial charge on any atom is -0.0654 e. The predicted molar refractivity (Wildman–Crippen MR) is 78.3 cm³/mol. The quantitative estimate of drug-likeness (QED) is 0.389. The van der Waals surface area contributed by atoms with Gasteiger partial charge in [-0.25, -0.2) is 0 Å². The number of hydrogen-bond acceptors (Lipinski definition) is 0. The lowest BCUT2D eigenvalue weighted by atomic mass is 9.84. The van der Waals surface area contributed by atoms with Crippen LogP contribution >= 0.6 is 0 Å². The molecule has 0 nitrogen and oxygen atoms in total. The van der Waals surface area contributed by atoms with E-state index < -0.39 is 0 Å². The van der Waals surface area contributed by atoms with E-state index in [-0.39, 0.29) is 0 Å². The summed E-state index contributed by atoms with van der Waals surface area (Å²) in [6, 6.07) is 0. The van der Waals surface area contributed by atoms with Gasteiger partial charge in [0, 0.05) is 0 Å². The number of rotatable bonds is 10. The lowest BCUT2D eigenvalue weighted by molar-refractivity contribution is 0.299. The van der Waals surface area contributed by atoms with Gasteiger partial charge in [0.15, 0.2) is 0 Å². The van der Waals surface area contributed by atoms with Crippen molar-refractivity contribution in [1.82, 2.24) is 0 Å². The summed E-state index contributed by atoms with van der Waals surface area (Å²) in [6.45, 7) is 4.71. The van der Waals surface area contributed by atoms with Crippen molar-refractivity contribution in [3.63, 3.8) is 0 Å². The van der Waals surface area contributed by atoms with Crippen LogP contribution in [0.3, 0.4) is 0 Å². The number of hydrogen-bond donors (Lipinski definition) is 0. The summed E-state index contributed by atoms with van der Waals surface area (Å²) in [5.74, 6) is 2.16. The highest BCUT2D eigenvalue weighted by atomic mass is 14.3. The molecule has 17 heavy (non-hydrogen) atoms. The standard InChI is InChI=1S/C17H34/c1-3-5-6-7-8-9-10-13-16(4-2)17-14-11-12-15-17/h16-17H,3-15H2,1-2H3. The van der Waals surface area contributed by atoms with Gasteiger partial charge in [-0.05, 0) is 11.8 Å². The van der Waals surface area contributed by atoms with Gasteiger partial charge in [0.1, 0.15) is 0 Å². The smallest absolute Gasteiger partial charge is 0.0386 e. The molecule has 0 aromatic heterocycles. The molecular formula is C17H34. The molecule has 1 saturated carbocycles. The molecule has 0 bridgehead atoms. The van der Waals surface area contributed by atoms with Crippen molar-refractivity contribution in [2.45, 2.75) is 97.3 Å². The molecule has 1 atom stereocenters. The third-order valence-corrected chi connectivity index (χ3v) is 4.77. The summed E-state index contributed by atoms with van der Waals surface area (Å²) in [6.07, 6.45) is 19.3. The molecule has 1 aliphatic carbocycles. The first-order valence-corrected chi connectivity index (χ1v) is 8.38. The molecule has 0 N–H and O–H groups in total. The van der Waals surface area contributed by atoms with Crippen molar-refractivity contribution in [2.24, 2.45) is 11.8 Å². The van der Waals surface area contributed by atoms with E-state index in [2.05, 4.69) is 13.8 Å². The zero-order valence-corrected chi connectivity index (χ0v) is 12.3. The molecule has 0 aromatic rings. The fourth-order valence-corrected chi connectivity index (χ4v) is 3.57. The Bertz CT molecular complexity index is 155. The van der Waals surface area contributed by atoms with E-state index >= 15 is 0 Å². The lowest BCUT2D eigenvalue weighted by Crippen LogP contribution is -2.10. The van der Waals surface area contributed by atoms with Crippen LogP contribution in [0, 0.1) is 11.8 Å². The molecule has 0 radical (unpaired) electrons. The van der Waals surface area contributed by atoms with E-state index in [9.17, 15) is 0 Å². The summed E-state index contributed by atoms with van der Waals surface area (Å²) in [5.41, 5.74) is 0. The van der Waals surface area contributed by atoms with Crippen molar-refractivity contribution in [3.05, 3.63) is 0 Å². The second-order valence-corrected chi connectivity index (χ2v) is 6.12. The van der Waals surface area contributed by atoms with Crippen LogP contribution < -0.4 is 0 Å². The maximum atomic E-state index is 2.41. The Labute approximate surface area is 110 Å². The average Bonchev–Trinajstić information content (AvgIpc) is 2.86. The summed E-state index contributed by atoms with van der Waals surface area (Å²) in [7, 11) is 0. The molecule has 1 fully saturated rings. The molecule has 0 aromatic carbocycles. The Morgan fingerprint density at radius 1 is 0.824 bits per heavy atom. The largest absolute Gasteiger partial charge is 0.0654 e. The highest BCUT2D eigenvalue weighted by Crippen LogP contribution is 2.35. The Hall–Kier alpha value is 0. The maximum Gasteiger partial charge on any atom is -0.0386 e. The lowest BCUT2D eigenvalue weighted by Gasteiger charge is -2.21. The van der Waals surface area contributed by atoms with Crippen molar-refractivity contribution >= 4 is 0 Å². The minimum atomic E-state index is 1.06. The first-order chi connectivity index (χ1) is 8.38. The monoisotopic (exact) mass is 238 g/mol. The SMILES string of the molecule is CCCCCCCCCC(CC)C1CCCC1. The predicted octanol–water partition coefficient (Wildman–Crippen LogP) is 6.34. The first kappa shape index (κ1) is 15.1. The second kappa shape index (κ2) is 9.97. The summed E-state index contributed by atoms with van der Waals surface area (Å²) >= 11 is 0. The van der Waals surface area contributed by atoms with Crippen LogP contribution in [0.25, 0.3) is 0 Å². The van der Waals surface area contributed by atoms with Crippen LogP contribution in [-0.4, -0.2) is 0 Å². The normalized spacial score (nSPS) is 18.7. The van der Waals surface area contributed by atoms with Crippen molar-refractivity contribution < 1.29 is 0 Å². The van der Waals surface area contributed by atoms with E-state index in [1.54, 1.807) is 0 Å². The van der Waals surface area contributed by atoms with Gasteiger partial charge < -0.3 is 0 Å². The van der Waals surface area contributed by atoms with Crippen LogP contribution in [-0.2, 0) is 0 Å². The van der Waals surface area contributed by atoms with Gasteiger partial charge in [-0.3, -0.25) is 0 Å². The molecule has 0 saturated heterocycles. The first-order valence-electron chi connectivity index (χ1n) is 8.38. The fourth-order valence-electron chi connectivity index (χ4n) is 3.57. The topological polar surface area (TPSA) is 0 Å². The summed E-state index contributed by atoms with van der Waals surface area (Å²) in [5, 5.41) is 0. The van der Waals surface area contributed by atoms with Crippen molar-refractivity contribution in [1.29, 1.82) is 0 Å². The second-order valence-electron chi connectivity index (χ2n) is 6.12. The van der Waals surface area contributed by atoms with Gasteiger partial charge in [-0.2, -0.15) is 0 Å². The van der Waals surface area contributed by atoms with Crippen LogP contribution in [0.2, 0.25) is 0 Å². The van der Waals surface area contributed by atoms with Crippen LogP contribution in [0.1, 0.15) is 97.3 Å². The molecule has 1 aliphatic rings. The molecule has 0 aliphatic heterocycles. The highest BCUT2D eigenvalue weighted by Gasteiger charge is 2.22. The average molecular weight is 238 g/mol. The Morgan fingerprint density at radius 3 is 2.00 bits per heavy atom. The molecule has 0 spiro atoms. The van der Waals surface area contributed by atoms with E-state index in [0.29, 0.717) is 0 Å². The maximum absolute atomic E-state index is 2.41. The summed E-state index contributed by atoms with van der Waals surface area (Å²) < 4.78 is 0. The summed E-state index contributed by atoms with van der Waals surface area (Å²) in [4.78, 5) is 0. The van der Waals surface area contributed by atoms with Gasteiger partial charge in [0.2, 0.25) is 0 Å². The Morgan fingerprint density at radius 2 is 1.41 bits per heavy atom. The molecule has 1 unspecified atom stereocenters. The van der Waals surface area contributed by atoms with Crippen LogP contribution in [0.4, 0.5) is 0 Å². The molecule has 0 amide bonds. The van der Waals surface area contributed by atoms with Gasteiger partial charge >= 0.3 is 0 Å². The highest BCUT2D eigenvalue weighted by molar-refractivity contribution is 4.74. The van der Waals surface area contributed by atoms with E-state index in [1.165, 1.54) is 83.5 Å². The molecule has 0 heterocycles. The zero-order chi connectivity index (χ0) is 12.3. The zero-order valence-electron chi connectivity index (χ0n) is 12.3. The van der Waals surface area contributed by atoms with Crippen LogP contribution in [0.15, 0.2) is 0 Å². The molecular weight excluding hydrogens is 204 g/mol. The molecule has 0 heteroatoms. The van der Waals surface area contributed by atoms with Crippen LogP contribution in [0.5, 0.6) is 0 Å². The fraction of sp³-hybridized carbons (Fsp3) is 1.00. The van der Waals surface area contributed by atoms with Gasteiger partial charge in [0.05, 0.1) is 0 Å². The van der Waals surface area contributed by atoms with Gasteiger partial charge in [0.25, 0.3) is 0 Å². The molecule has 1 rings (SSSR count). The van der Waals surface area contributed by atoms with Gasteiger partial charge in [-0.1, -0.05) is 97.3 Å². The third kappa shape index (κ3) is 6.48. The van der Waals surface area contributed by atoms with E-state index in [1.807, 2.05) is 0 Å². The van der Waals surface area contributed by atoms with Crippen molar-refractivity contribution in [2.75, 3.05) is 0 Å². The molecule has 102 valence electrons. The van der Waals surface area contributed by atoms with E-state index in [4.69, 9.17) is 0 Å². The number of unbranched alkanes of at least 4 members (excludes halogenated alkanes) is 6. The van der Waals surface area contributed by atoms with Crippen molar-refractivity contribution in [3.8, 4) is 0 Å². The third-order valence-electron chi connectivity index (χ3n) is 4.77.